The van der Waals surface area contributed by atoms with E-state index in [4.69, 9.17) is 9.47 Å². The molecule has 1 aromatic heterocycles. The summed E-state index contributed by atoms with van der Waals surface area (Å²) in [4.78, 5) is 12.9. The summed E-state index contributed by atoms with van der Waals surface area (Å²) in [5.41, 5.74) is 2.06. The van der Waals surface area contributed by atoms with Gasteiger partial charge in [-0.2, -0.15) is 22.5 Å². The molecule has 2 N–H and O–H groups in total. The number of nitrogens with zero attached hydrogens (tertiary/aromatic N) is 3. The summed E-state index contributed by atoms with van der Waals surface area (Å²) in [5.74, 6) is 0.552. The molecule has 2 unspecified atom stereocenters. The molecule has 1 aliphatic heterocycles. The van der Waals surface area contributed by atoms with Gasteiger partial charge in [0.25, 0.3) is 10.2 Å². The molecule has 0 radical (unpaired) electrons. The fourth-order valence-electron chi connectivity index (χ4n) is 3.31. The Balaban J connectivity index is 1.85. The van der Waals surface area contributed by atoms with Gasteiger partial charge in [0.1, 0.15) is 6.04 Å². The SMILES string of the molecule is COc1ccc(NC(=O)C2CC(c3cnn(C)c3C)NS(=O)(=O)N2C)cc1OC. The van der Waals surface area contributed by atoms with Gasteiger partial charge in [-0.15, -0.1) is 0 Å². The standard InChI is InChI=1S/C18H25N5O5S/c1-11-13(10-19-22(11)2)14-9-15(23(3)29(25,26)21-14)18(24)20-12-6-7-16(27-4)17(8-12)28-5/h6-8,10,14-15,21H,9H2,1-5H3,(H,20,24). The minimum Gasteiger partial charge on any atom is -0.493 e. The van der Waals surface area contributed by atoms with E-state index in [1.165, 1.54) is 21.3 Å². The molecule has 0 bridgehead atoms. The third kappa shape index (κ3) is 4.07. The number of benzene rings is 1. The summed E-state index contributed by atoms with van der Waals surface area (Å²) in [6.45, 7) is 1.85. The Morgan fingerprint density at radius 3 is 2.52 bits per heavy atom. The number of aryl methyl sites for hydroxylation is 1. The molecule has 1 fully saturated rings. The van der Waals surface area contributed by atoms with Crippen LogP contribution in [0.5, 0.6) is 11.5 Å². The first-order chi connectivity index (χ1) is 13.7. The molecular weight excluding hydrogens is 398 g/mol. The second kappa shape index (κ2) is 8.01. The number of carbonyl (C=O) groups is 1. The van der Waals surface area contributed by atoms with Gasteiger partial charge >= 0.3 is 0 Å². The Kier molecular flexibility index (Phi) is 5.82. The lowest BCUT2D eigenvalue weighted by molar-refractivity contribution is -0.120. The number of anilines is 1. The molecule has 0 aliphatic carbocycles. The third-order valence-corrected chi connectivity index (χ3v) is 6.77. The first kappa shape index (κ1) is 21.1. The molecule has 158 valence electrons. The van der Waals surface area contributed by atoms with E-state index in [-0.39, 0.29) is 6.42 Å². The quantitative estimate of drug-likeness (QED) is 0.740. The van der Waals surface area contributed by atoms with Crippen LogP contribution < -0.4 is 19.5 Å². The molecule has 1 aliphatic rings. The average molecular weight is 423 g/mol. The molecule has 11 heteroatoms. The number of hydrogen-bond donors (Lipinski definition) is 2. The van der Waals surface area contributed by atoms with E-state index < -0.39 is 28.2 Å². The van der Waals surface area contributed by atoms with E-state index >= 15 is 0 Å². The van der Waals surface area contributed by atoms with Crippen LogP contribution >= 0.6 is 0 Å². The van der Waals surface area contributed by atoms with Crippen molar-refractivity contribution in [2.75, 3.05) is 26.6 Å². The number of rotatable bonds is 5. The van der Waals surface area contributed by atoms with Gasteiger partial charge in [-0.3, -0.25) is 9.48 Å². The van der Waals surface area contributed by atoms with E-state index in [9.17, 15) is 13.2 Å². The van der Waals surface area contributed by atoms with Crippen molar-refractivity contribution in [3.63, 3.8) is 0 Å². The van der Waals surface area contributed by atoms with Crippen LogP contribution in [0.4, 0.5) is 5.69 Å². The first-order valence-corrected chi connectivity index (χ1v) is 10.4. The van der Waals surface area contributed by atoms with Gasteiger partial charge in [-0.1, -0.05) is 0 Å². The number of methoxy groups -OCH3 is 2. The van der Waals surface area contributed by atoms with Crippen LogP contribution in [0, 0.1) is 6.92 Å². The Morgan fingerprint density at radius 2 is 1.93 bits per heavy atom. The first-order valence-electron chi connectivity index (χ1n) is 8.94. The van der Waals surface area contributed by atoms with Gasteiger partial charge in [0, 0.05) is 37.1 Å². The lowest BCUT2D eigenvalue weighted by Crippen LogP contribution is -2.56. The molecule has 3 rings (SSSR count). The van der Waals surface area contributed by atoms with Gasteiger partial charge < -0.3 is 14.8 Å². The maximum Gasteiger partial charge on any atom is 0.280 e. The maximum atomic E-state index is 12.9. The summed E-state index contributed by atoms with van der Waals surface area (Å²) in [6, 6.07) is 3.51. The normalized spacial score (nSPS) is 21.6. The summed E-state index contributed by atoms with van der Waals surface area (Å²) < 4.78 is 41.0. The van der Waals surface area contributed by atoms with E-state index in [2.05, 4.69) is 15.1 Å². The predicted octanol–water partition coefficient (Wildman–Crippen LogP) is 0.964. The van der Waals surface area contributed by atoms with Crippen molar-refractivity contribution in [3.05, 3.63) is 35.7 Å². The van der Waals surface area contributed by atoms with Crippen LogP contribution in [0.25, 0.3) is 0 Å². The summed E-state index contributed by atoms with van der Waals surface area (Å²) in [5, 5.41) is 6.94. The lowest BCUT2D eigenvalue weighted by Gasteiger charge is -2.36. The molecule has 1 aromatic carbocycles. The fourth-order valence-corrected chi connectivity index (χ4v) is 4.58. The molecule has 1 saturated heterocycles. The molecular formula is C18H25N5O5S. The molecule has 10 nitrogen and oxygen atoms in total. The van der Waals surface area contributed by atoms with Crippen molar-refractivity contribution >= 4 is 21.8 Å². The van der Waals surface area contributed by atoms with Crippen molar-refractivity contribution in [1.82, 2.24) is 18.8 Å². The highest BCUT2D eigenvalue weighted by Crippen LogP contribution is 2.32. The molecule has 2 aromatic rings. The third-order valence-electron chi connectivity index (χ3n) is 5.17. The van der Waals surface area contributed by atoms with Gasteiger partial charge in [0.15, 0.2) is 11.5 Å². The second-order valence-corrected chi connectivity index (χ2v) is 8.57. The number of likely N-dealkylation sites (N-methyl/N-ethyl adjacent to an activating group) is 1. The van der Waals surface area contributed by atoms with Crippen molar-refractivity contribution < 1.29 is 22.7 Å². The largest absolute Gasteiger partial charge is 0.493 e. The minimum atomic E-state index is -3.84. The zero-order valence-corrected chi connectivity index (χ0v) is 17.8. The van der Waals surface area contributed by atoms with Gasteiger partial charge in [0.2, 0.25) is 5.91 Å². The van der Waals surface area contributed by atoms with E-state index in [1.807, 2.05) is 6.92 Å². The van der Waals surface area contributed by atoms with Crippen LogP contribution in [-0.2, 0) is 22.1 Å². The Labute approximate surface area is 170 Å². The number of ether oxygens (including phenoxy) is 2. The Hall–Kier alpha value is -2.63. The zero-order chi connectivity index (χ0) is 21.3. The topological polar surface area (TPSA) is 115 Å². The van der Waals surface area contributed by atoms with Crippen LogP contribution in [0.1, 0.15) is 23.7 Å². The summed E-state index contributed by atoms with van der Waals surface area (Å²) >= 11 is 0. The molecule has 1 amide bonds. The van der Waals surface area contributed by atoms with E-state index in [0.29, 0.717) is 17.2 Å². The number of aromatic nitrogens is 2. The molecule has 2 atom stereocenters. The van der Waals surface area contributed by atoms with Gasteiger partial charge in [-0.05, 0) is 25.5 Å². The van der Waals surface area contributed by atoms with Crippen molar-refractivity contribution in [3.8, 4) is 11.5 Å². The predicted molar refractivity (Wildman–Crippen MR) is 107 cm³/mol. The maximum absolute atomic E-state index is 12.9. The second-order valence-electron chi connectivity index (χ2n) is 6.81. The smallest absolute Gasteiger partial charge is 0.280 e. The highest BCUT2D eigenvalue weighted by atomic mass is 32.2. The fraction of sp³-hybridized carbons (Fsp3) is 0.444. The number of carbonyl (C=O) groups excluding carboxylic acids is 1. The molecule has 2 heterocycles. The number of nitrogens with one attached hydrogen (secondary N) is 2. The number of amides is 1. The Bertz CT molecular complexity index is 1020. The average Bonchev–Trinajstić information content (AvgIpc) is 3.02. The lowest BCUT2D eigenvalue weighted by atomic mass is 10.00. The molecule has 29 heavy (non-hydrogen) atoms. The van der Waals surface area contributed by atoms with Crippen molar-refractivity contribution in [2.24, 2.45) is 7.05 Å². The van der Waals surface area contributed by atoms with Gasteiger partial charge in [0.05, 0.1) is 26.5 Å². The highest BCUT2D eigenvalue weighted by Gasteiger charge is 2.41. The summed E-state index contributed by atoms with van der Waals surface area (Å²) in [7, 11) is 2.35. The van der Waals surface area contributed by atoms with Crippen LogP contribution in [-0.4, -0.2) is 55.7 Å². The van der Waals surface area contributed by atoms with E-state index in [0.717, 1.165) is 15.6 Å². The van der Waals surface area contributed by atoms with Gasteiger partial charge in [-0.25, -0.2) is 0 Å². The van der Waals surface area contributed by atoms with Crippen molar-refractivity contribution in [1.29, 1.82) is 0 Å². The monoisotopic (exact) mass is 423 g/mol. The zero-order valence-electron chi connectivity index (χ0n) is 17.0. The Morgan fingerprint density at radius 1 is 1.24 bits per heavy atom. The van der Waals surface area contributed by atoms with Crippen LogP contribution in [0.15, 0.2) is 24.4 Å². The molecule has 0 saturated carbocycles. The van der Waals surface area contributed by atoms with Crippen LogP contribution in [0.2, 0.25) is 0 Å². The van der Waals surface area contributed by atoms with Crippen LogP contribution in [0.3, 0.4) is 0 Å². The molecule has 0 spiro atoms. The minimum absolute atomic E-state index is 0.265. The number of hydrogen-bond acceptors (Lipinski definition) is 6. The van der Waals surface area contributed by atoms with E-state index in [1.54, 1.807) is 36.1 Å². The summed E-state index contributed by atoms with van der Waals surface area (Å²) in [6.07, 6.45) is 1.89. The van der Waals surface area contributed by atoms with Crippen molar-refractivity contribution in [2.45, 2.75) is 25.4 Å². The highest BCUT2D eigenvalue weighted by molar-refractivity contribution is 7.87.